The average Bonchev–Trinajstić information content (AvgIpc) is 1.04. The van der Waals surface area contributed by atoms with E-state index in [1.54, 1.807) is 45.2 Å². The van der Waals surface area contributed by atoms with E-state index < -0.39 is 102 Å². The molecule has 0 aliphatic carbocycles. The summed E-state index contributed by atoms with van der Waals surface area (Å²) in [7, 11) is 1.39. The van der Waals surface area contributed by atoms with E-state index in [9.17, 15) is 58.8 Å². The number of unbranched alkanes of at least 4 members (excludes halogenated alkanes) is 3. The third kappa shape index (κ3) is 25.6. The summed E-state index contributed by atoms with van der Waals surface area (Å²) in [4.78, 5) is 162. The summed E-state index contributed by atoms with van der Waals surface area (Å²) in [5, 5.41) is 63.9. The second kappa shape index (κ2) is 40.7. The highest BCUT2D eigenvalue weighted by Gasteiger charge is 2.41. The van der Waals surface area contributed by atoms with Gasteiger partial charge in [0.25, 0.3) is 0 Å². The number of hydrogen-bond donors (Lipinski definition) is 13. The van der Waals surface area contributed by atoms with Crippen molar-refractivity contribution in [2.24, 2.45) is 5.92 Å². The molecule has 0 bridgehead atoms. The Hall–Kier alpha value is -8.52. The monoisotopic (exact) mass is 1410 g/mol. The maximum absolute atomic E-state index is 15.7. The number of rotatable bonds is 28. The molecule has 546 valence electrons. The van der Waals surface area contributed by atoms with E-state index in [0.29, 0.717) is 81.6 Å². The molecule has 4 heterocycles. The van der Waals surface area contributed by atoms with Crippen molar-refractivity contribution in [3.63, 3.8) is 0 Å². The van der Waals surface area contributed by atoms with Gasteiger partial charge in [-0.25, -0.2) is 0 Å². The minimum Gasteiger partial charge on any atom is -0.480 e. The lowest BCUT2D eigenvalue weighted by atomic mass is 9.84. The number of nitrogens with one attached hydrogen (secondary N) is 9. The van der Waals surface area contributed by atoms with Crippen LogP contribution in [0.1, 0.15) is 87.8 Å². The van der Waals surface area contributed by atoms with Gasteiger partial charge in [-0.2, -0.15) is 11.8 Å². The number of aromatic amines is 1. The van der Waals surface area contributed by atoms with Crippen molar-refractivity contribution in [1.29, 1.82) is 0 Å². The molecule has 3 aliphatic heterocycles. The number of aliphatic carboxylic acids is 3. The van der Waals surface area contributed by atoms with Gasteiger partial charge < -0.3 is 72.8 Å². The Bertz CT molecular complexity index is 3290. The number of nitrogens with zero attached hydrogens (tertiary/aromatic N) is 5. The first-order valence-corrected chi connectivity index (χ1v) is 35.7. The van der Waals surface area contributed by atoms with Gasteiger partial charge in [0.05, 0.1) is 38.0 Å². The fourth-order valence-electron chi connectivity index (χ4n) is 12.9. The van der Waals surface area contributed by atoms with Crippen LogP contribution in [0.2, 0.25) is 0 Å². The van der Waals surface area contributed by atoms with Crippen LogP contribution in [-0.4, -0.2) is 281 Å². The standard InChI is InChI=1S/C70H100N14O15S/c1-46-70(99)80(3)56(24-37-100-45-58(87)73-26-15-5-4-14-25-72-57(86)41-81-29-31-82(42-59(88)89)33-35-84(44-61(92)93)36-34-83(32-30-81)43-60(90)91)67(96)79-64(62(49-16-8-6-9-17-49)50-18-10-7-11-19-50)69(98)77-55(39-51-40-74-53-21-13-12-20-52(51)53)65(94)76-54(38-48-22-27-71-28-23-48)66(95)78-63(47(2)85)68(97)75-46/h6-13,16-21,40,46-48,54-56,62-64,71,74,85H,4-5,14-15,22-39,41-45H2,1-3H3,(H,72,86)(H,73,87)(H,75,97)(H,76,94)(H,77,98)(H,78,95)(H,79,96)(H,88,89)(H,90,91)(H,92,93)/t46-,47+,54-,55+,56-,63-,64-/m0/s1. The molecule has 3 aliphatic rings. The lowest BCUT2D eigenvalue weighted by molar-refractivity contribution is -0.143. The van der Waals surface area contributed by atoms with Crippen molar-refractivity contribution in [2.75, 3.05) is 123 Å². The number of hydrogen-bond acceptors (Lipinski definition) is 18. The molecule has 3 aromatic carbocycles. The van der Waals surface area contributed by atoms with E-state index >= 15 is 14.4 Å². The van der Waals surface area contributed by atoms with Crippen LogP contribution in [0.25, 0.3) is 10.9 Å². The van der Waals surface area contributed by atoms with Crippen molar-refractivity contribution < 1.29 is 73.2 Å². The first-order chi connectivity index (χ1) is 48.0. The van der Waals surface area contributed by atoms with Crippen LogP contribution < -0.4 is 42.5 Å². The van der Waals surface area contributed by atoms with E-state index in [-0.39, 0.29) is 114 Å². The van der Waals surface area contributed by atoms with Crippen molar-refractivity contribution >= 4 is 87.8 Å². The van der Waals surface area contributed by atoms with Crippen LogP contribution in [0, 0.1) is 5.92 Å². The molecule has 4 aromatic rings. The quantitative estimate of drug-likeness (QED) is 0.0333. The lowest BCUT2D eigenvalue weighted by Gasteiger charge is -2.35. The van der Waals surface area contributed by atoms with E-state index in [2.05, 4.69) is 47.5 Å². The van der Waals surface area contributed by atoms with Crippen molar-refractivity contribution in [1.82, 2.24) is 72.0 Å². The molecule has 100 heavy (non-hydrogen) atoms. The number of aliphatic hydroxyl groups excluding tert-OH is 1. The van der Waals surface area contributed by atoms with Crippen LogP contribution in [0.5, 0.6) is 0 Å². The molecule has 13 N–H and O–H groups in total. The SMILES string of the molecule is C[C@@H]1NC(=O)[C@H]([C@@H](C)O)NC(=O)[C@H](CC2CCNCC2)NC(=O)[C@@H](Cc2c[nH]c3ccccc23)NC(=O)[C@H](C(c2ccccc2)c2ccccc2)NC(=O)[C@H](CCSCC(=O)NCCCCCCNC(=O)CN2CCN(CC(=O)O)CCN(CC(=O)O)CCN(CC(=O)O)CC2)N(C)C1=O. The van der Waals surface area contributed by atoms with E-state index in [1.165, 1.54) is 37.6 Å². The number of piperidine rings is 1. The fraction of sp³-hybridized carbons (Fsp3) is 0.557. The number of amides is 8. The zero-order chi connectivity index (χ0) is 72.1. The van der Waals surface area contributed by atoms with Gasteiger partial charge in [-0.15, -0.1) is 0 Å². The number of fused-ring (bicyclic) bond motifs is 1. The smallest absolute Gasteiger partial charge is 0.317 e. The summed E-state index contributed by atoms with van der Waals surface area (Å²) < 4.78 is 0. The zero-order valence-corrected chi connectivity index (χ0v) is 58.2. The van der Waals surface area contributed by atoms with Gasteiger partial charge in [0.1, 0.15) is 36.3 Å². The Balaban J connectivity index is 1.01. The minimum absolute atomic E-state index is 0.00729. The highest BCUT2D eigenvalue weighted by molar-refractivity contribution is 7.99. The molecule has 0 spiro atoms. The van der Waals surface area contributed by atoms with E-state index in [4.69, 9.17) is 0 Å². The number of carboxylic acids is 3. The molecule has 7 rings (SSSR count). The normalized spacial score (nSPS) is 22.0. The maximum Gasteiger partial charge on any atom is 0.317 e. The van der Waals surface area contributed by atoms with Gasteiger partial charge in [-0.3, -0.25) is 72.3 Å². The second-order valence-electron chi connectivity index (χ2n) is 26.1. The predicted octanol–water partition coefficient (Wildman–Crippen LogP) is -0.0110. The van der Waals surface area contributed by atoms with Gasteiger partial charge in [-0.1, -0.05) is 91.7 Å². The molecule has 30 heteroatoms. The molecule has 3 fully saturated rings. The molecule has 0 saturated carbocycles. The van der Waals surface area contributed by atoms with Crippen LogP contribution in [0.4, 0.5) is 0 Å². The van der Waals surface area contributed by atoms with E-state index in [0.717, 1.165) is 23.7 Å². The Morgan fingerprint density at radius 3 is 1.59 bits per heavy atom. The molecule has 0 radical (unpaired) electrons. The number of carboxylic acid groups (broad SMARTS) is 3. The van der Waals surface area contributed by atoms with Crippen LogP contribution >= 0.6 is 11.8 Å². The second-order valence-corrected chi connectivity index (χ2v) is 27.2. The summed E-state index contributed by atoms with van der Waals surface area (Å²) in [6.07, 6.45) is 4.44. The van der Waals surface area contributed by atoms with E-state index in [1.807, 2.05) is 65.6 Å². The third-order valence-corrected chi connectivity index (χ3v) is 19.4. The molecular weight excluding hydrogens is 1310 g/mol. The summed E-state index contributed by atoms with van der Waals surface area (Å²) >= 11 is 1.21. The predicted molar refractivity (Wildman–Crippen MR) is 376 cm³/mol. The van der Waals surface area contributed by atoms with Gasteiger partial charge in [0, 0.05) is 102 Å². The minimum atomic E-state index is -1.59. The maximum atomic E-state index is 15.7. The van der Waals surface area contributed by atoms with Gasteiger partial charge in [0.2, 0.25) is 47.3 Å². The summed E-state index contributed by atoms with van der Waals surface area (Å²) in [5.74, 6) is -9.03. The topological polar surface area (TPSA) is 397 Å². The molecular formula is C70H100N14O15S. The summed E-state index contributed by atoms with van der Waals surface area (Å²) in [6.45, 7) is 6.18. The fourth-order valence-corrected chi connectivity index (χ4v) is 13.7. The molecule has 1 aromatic heterocycles. The lowest BCUT2D eigenvalue weighted by Crippen LogP contribution is -2.63. The van der Waals surface area contributed by atoms with Gasteiger partial charge in [-0.05, 0) is 99.9 Å². The van der Waals surface area contributed by atoms with Crippen LogP contribution in [0.15, 0.2) is 91.1 Å². The third-order valence-electron chi connectivity index (χ3n) is 18.4. The number of carbonyl (C=O) groups is 11. The highest BCUT2D eigenvalue weighted by atomic mass is 32.2. The Labute approximate surface area is 587 Å². The highest BCUT2D eigenvalue weighted by Crippen LogP contribution is 2.30. The van der Waals surface area contributed by atoms with Crippen molar-refractivity contribution in [3.8, 4) is 0 Å². The summed E-state index contributed by atoms with van der Waals surface area (Å²) in [5.41, 5.74) is 2.72. The number of aliphatic hydroxyl groups is 1. The first kappa shape index (κ1) is 78.8. The molecule has 8 amide bonds. The summed E-state index contributed by atoms with van der Waals surface area (Å²) in [6, 6.07) is 17.3. The van der Waals surface area contributed by atoms with Gasteiger partial charge in [0.15, 0.2) is 0 Å². The molecule has 0 unspecified atom stereocenters. The zero-order valence-electron chi connectivity index (χ0n) is 57.4. The largest absolute Gasteiger partial charge is 0.480 e. The number of benzene rings is 3. The Morgan fingerprint density at radius 1 is 0.570 bits per heavy atom. The number of carbonyl (C=O) groups excluding carboxylic acids is 8. The number of aromatic nitrogens is 1. The first-order valence-electron chi connectivity index (χ1n) is 34.5. The average molecular weight is 1410 g/mol. The number of likely N-dealkylation sites (N-methyl/N-ethyl adjacent to an activating group) is 1. The molecule has 3 saturated heterocycles. The van der Waals surface area contributed by atoms with Crippen LogP contribution in [-0.2, 0) is 59.2 Å². The van der Waals surface area contributed by atoms with Crippen molar-refractivity contribution in [3.05, 3.63) is 108 Å². The van der Waals surface area contributed by atoms with Crippen molar-refractivity contribution in [2.45, 2.75) is 120 Å². The van der Waals surface area contributed by atoms with Crippen LogP contribution in [0.3, 0.4) is 0 Å². The molecule has 7 atom stereocenters. The molecule has 29 nitrogen and oxygen atoms in total. The Morgan fingerprint density at radius 2 is 1.05 bits per heavy atom. The number of para-hydroxylation sites is 1. The van der Waals surface area contributed by atoms with Gasteiger partial charge >= 0.3 is 17.9 Å². The number of thioether (sulfide) groups is 1. The Kier molecular flexibility index (Phi) is 32.0. The number of H-pyrrole nitrogens is 1.